The molecule has 0 aliphatic heterocycles. The van der Waals surface area contributed by atoms with Crippen molar-refractivity contribution in [3.05, 3.63) is 158 Å². The van der Waals surface area contributed by atoms with Gasteiger partial charge in [0.15, 0.2) is 17.5 Å². The van der Waals surface area contributed by atoms with Crippen LogP contribution in [0.3, 0.4) is 0 Å². The zero-order valence-electron chi connectivity index (χ0n) is 26.2. The molecule has 7 aromatic carbocycles. The number of hydrogen-bond acceptors (Lipinski definition) is 5. The first-order valence-electron chi connectivity index (χ1n) is 16.3. The Morgan fingerprint density at radius 3 is 2.00 bits per heavy atom. The fourth-order valence-electron chi connectivity index (χ4n) is 7.12. The summed E-state index contributed by atoms with van der Waals surface area (Å²) in [7, 11) is 0. The third-order valence-corrected chi connectivity index (χ3v) is 9.35. The lowest BCUT2D eigenvalue weighted by molar-refractivity contribution is 0.669. The first-order valence-corrected chi connectivity index (χ1v) is 16.3. The summed E-state index contributed by atoms with van der Waals surface area (Å²) in [5, 5.41) is 7.94. The summed E-state index contributed by atoms with van der Waals surface area (Å²) in [4.78, 5) is 20.0. The molecule has 228 valence electrons. The summed E-state index contributed by atoms with van der Waals surface area (Å²) in [5.41, 5.74) is 7.55. The SMILES string of the molecule is c1ccc(-c2nc(-c3cccc(-c4cc5ccccc5c5ccc6ncccc6c45)c3)nc(-c3cccc4oc5ccccc5c34)n2)cc1. The number of aromatic nitrogens is 4. The summed E-state index contributed by atoms with van der Waals surface area (Å²) in [6, 6.07) is 52.1. The van der Waals surface area contributed by atoms with Crippen LogP contribution in [0.1, 0.15) is 0 Å². The largest absolute Gasteiger partial charge is 0.456 e. The van der Waals surface area contributed by atoms with Crippen molar-refractivity contribution < 1.29 is 4.42 Å². The first kappa shape index (κ1) is 27.4. The molecule has 10 rings (SSSR count). The Morgan fingerprint density at radius 2 is 1.08 bits per heavy atom. The maximum Gasteiger partial charge on any atom is 0.164 e. The summed E-state index contributed by atoms with van der Waals surface area (Å²) in [5.74, 6) is 1.82. The standard InChI is InChI=1S/C44H26N4O/c1-2-11-27(12-3-1)42-46-43(48-44(47-42)35-18-9-21-39-41(35)34-17-6-7-20-38(34)49-39)30-15-8-14-28(25-30)36-26-29-13-4-5-16-31(29)32-22-23-37-33(40(32)36)19-10-24-45-37/h1-26H. The average Bonchev–Trinajstić information content (AvgIpc) is 3.57. The van der Waals surface area contributed by atoms with Crippen LogP contribution < -0.4 is 0 Å². The van der Waals surface area contributed by atoms with Crippen LogP contribution >= 0.6 is 0 Å². The highest BCUT2D eigenvalue weighted by atomic mass is 16.3. The van der Waals surface area contributed by atoms with Crippen molar-refractivity contribution in [3.8, 4) is 45.3 Å². The number of para-hydroxylation sites is 1. The number of nitrogens with zero attached hydrogens (tertiary/aromatic N) is 4. The van der Waals surface area contributed by atoms with Crippen molar-refractivity contribution in [2.45, 2.75) is 0 Å². The molecular weight excluding hydrogens is 601 g/mol. The predicted molar refractivity (Wildman–Crippen MR) is 199 cm³/mol. The second kappa shape index (κ2) is 10.9. The monoisotopic (exact) mass is 626 g/mol. The molecule has 0 saturated heterocycles. The fourth-order valence-corrected chi connectivity index (χ4v) is 7.12. The Labute approximate surface area is 281 Å². The molecule has 0 aliphatic carbocycles. The van der Waals surface area contributed by atoms with Crippen LogP contribution in [0.25, 0.3) is 99.7 Å². The van der Waals surface area contributed by atoms with E-state index in [9.17, 15) is 0 Å². The normalized spacial score (nSPS) is 11.7. The Morgan fingerprint density at radius 1 is 0.388 bits per heavy atom. The maximum absolute atomic E-state index is 6.23. The lowest BCUT2D eigenvalue weighted by Crippen LogP contribution is -2.00. The van der Waals surface area contributed by atoms with Crippen LogP contribution in [0.5, 0.6) is 0 Å². The Hall–Kier alpha value is -6.72. The van der Waals surface area contributed by atoms with Crippen LogP contribution in [0.15, 0.2) is 162 Å². The van der Waals surface area contributed by atoms with Crippen LogP contribution in [0.2, 0.25) is 0 Å². The van der Waals surface area contributed by atoms with Crippen molar-refractivity contribution >= 4 is 54.4 Å². The van der Waals surface area contributed by atoms with Crippen LogP contribution in [0, 0.1) is 0 Å². The molecule has 0 amide bonds. The minimum absolute atomic E-state index is 0.597. The van der Waals surface area contributed by atoms with Gasteiger partial charge in [0, 0.05) is 39.0 Å². The van der Waals surface area contributed by atoms with Crippen LogP contribution in [-0.2, 0) is 0 Å². The summed E-state index contributed by atoms with van der Waals surface area (Å²) < 4.78 is 6.23. The molecule has 0 spiro atoms. The molecule has 0 N–H and O–H groups in total. The quantitative estimate of drug-likeness (QED) is 0.182. The fraction of sp³-hybridized carbons (Fsp3) is 0. The van der Waals surface area contributed by atoms with Gasteiger partial charge in [0.25, 0.3) is 0 Å². The minimum Gasteiger partial charge on any atom is -0.456 e. The van der Waals surface area contributed by atoms with E-state index in [1.54, 1.807) is 0 Å². The van der Waals surface area contributed by atoms with E-state index in [4.69, 9.17) is 24.4 Å². The van der Waals surface area contributed by atoms with Gasteiger partial charge in [-0.2, -0.15) is 0 Å². The molecule has 0 aliphatic rings. The second-order valence-corrected chi connectivity index (χ2v) is 12.2. The second-order valence-electron chi connectivity index (χ2n) is 12.2. The van der Waals surface area contributed by atoms with E-state index in [1.165, 1.54) is 21.5 Å². The summed E-state index contributed by atoms with van der Waals surface area (Å²) >= 11 is 0. The van der Waals surface area contributed by atoms with E-state index in [0.29, 0.717) is 17.5 Å². The highest BCUT2D eigenvalue weighted by Crippen LogP contribution is 2.40. The molecule has 0 radical (unpaired) electrons. The van der Waals surface area contributed by atoms with Gasteiger partial charge in [-0.25, -0.2) is 15.0 Å². The maximum atomic E-state index is 6.23. The predicted octanol–water partition coefficient (Wildman–Crippen LogP) is 11.3. The van der Waals surface area contributed by atoms with Gasteiger partial charge in [0.1, 0.15) is 11.2 Å². The number of rotatable bonds is 4. The number of fused-ring (bicyclic) bond motifs is 8. The van der Waals surface area contributed by atoms with E-state index in [2.05, 4.69) is 84.9 Å². The Bertz CT molecular complexity index is 2890. The van der Waals surface area contributed by atoms with E-state index in [-0.39, 0.29) is 0 Å². The minimum atomic E-state index is 0.597. The summed E-state index contributed by atoms with van der Waals surface area (Å²) in [6.45, 7) is 0. The number of pyridine rings is 1. The third-order valence-electron chi connectivity index (χ3n) is 9.35. The van der Waals surface area contributed by atoms with Crippen LogP contribution in [0.4, 0.5) is 0 Å². The van der Waals surface area contributed by atoms with Gasteiger partial charge >= 0.3 is 0 Å². The topological polar surface area (TPSA) is 64.7 Å². The highest BCUT2D eigenvalue weighted by Gasteiger charge is 2.19. The number of benzene rings is 7. The molecular formula is C44H26N4O. The molecule has 0 unspecified atom stereocenters. The lowest BCUT2D eigenvalue weighted by Gasteiger charge is -2.14. The number of furan rings is 1. The molecule has 5 nitrogen and oxygen atoms in total. The molecule has 10 aromatic rings. The van der Waals surface area contributed by atoms with Gasteiger partial charge in [0.2, 0.25) is 0 Å². The molecule has 3 heterocycles. The van der Waals surface area contributed by atoms with Gasteiger partial charge in [0.05, 0.1) is 5.52 Å². The van der Waals surface area contributed by atoms with Crippen molar-refractivity contribution in [1.82, 2.24) is 19.9 Å². The Balaban J connectivity index is 1.22. The molecule has 0 bridgehead atoms. The molecule has 0 atom stereocenters. The van der Waals surface area contributed by atoms with Crippen molar-refractivity contribution in [2.75, 3.05) is 0 Å². The molecule has 0 saturated carbocycles. The van der Waals surface area contributed by atoms with Gasteiger partial charge in [-0.05, 0) is 69.1 Å². The van der Waals surface area contributed by atoms with Gasteiger partial charge in [-0.15, -0.1) is 0 Å². The van der Waals surface area contributed by atoms with Gasteiger partial charge < -0.3 is 4.42 Å². The van der Waals surface area contributed by atoms with Crippen LogP contribution in [-0.4, -0.2) is 19.9 Å². The van der Waals surface area contributed by atoms with Crippen molar-refractivity contribution in [3.63, 3.8) is 0 Å². The molecule has 5 heteroatoms. The zero-order valence-corrected chi connectivity index (χ0v) is 26.2. The van der Waals surface area contributed by atoms with Gasteiger partial charge in [-0.1, -0.05) is 115 Å². The molecule has 0 fully saturated rings. The zero-order chi connectivity index (χ0) is 32.3. The smallest absolute Gasteiger partial charge is 0.164 e. The van der Waals surface area contributed by atoms with Crippen molar-refractivity contribution in [2.24, 2.45) is 0 Å². The van der Waals surface area contributed by atoms with E-state index >= 15 is 0 Å². The van der Waals surface area contributed by atoms with Gasteiger partial charge in [-0.3, -0.25) is 4.98 Å². The lowest BCUT2D eigenvalue weighted by atomic mass is 9.90. The van der Waals surface area contributed by atoms with E-state index in [1.807, 2.05) is 72.9 Å². The molecule has 3 aromatic heterocycles. The first-order chi connectivity index (χ1) is 24.3. The number of hydrogen-bond donors (Lipinski definition) is 0. The highest BCUT2D eigenvalue weighted by molar-refractivity contribution is 6.22. The van der Waals surface area contributed by atoms with Crippen molar-refractivity contribution in [1.29, 1.82) is 0 Å². The van der Waals surface area contributed by atoms with E-state index < -0.39 is 0 Å². The third kappa shape index (κ3) is 4.48. The molecule has 49 heavy (non-hydrogen) atoms. The summed E-state index contributed by atoms with van der Waals surface area (Å²) in [6.07, 6.45) is 1.85. The van der Waals surface area contributed by atoms with E-state index in [0.717, 1.165) is 60.7 Å². The Kier molecular flexibility index (Phi) is 6.11. The average molecular weight is 627 g/mol.